The lowest BCUT2D eigenvalue weighted by molar-refractivity contribution is -0.144. The van der Waals surface area contributed by atoms with Crippen LogP contribution in [-0.2, 0) is 22.6 Å². The van der Waals surface area contributed by atoms with Crippen LogP contribution in [0.4, 0.5) is 0 Å². The van der Waals surface area contributed by atoms with Gasteiger partial charge < -0.3 is 9.84 Å². The Kier molecular flexibility index (Phi) is 5.03. The number of rotatable bonds is 4. The molecule has 1 aromatic carbocycles. The molecule has 1 aliphatic rings. The second kappa shape index (κ2) is 7.04. The molecule has 1 aliphatic heterocycles. The second-order valence-corrected chi connectivity index (χ2v) is 7.54. The highest BCUT2D eigenvalue weighted by Crippen LogP contribution is 2.37. The standard InChI is InChI=1S/C17H16BrNO4S/c1-10(20)23-15-8-11-9-19(7-6-14(11)24-15)16(17(21)22)12-4-2-3-5-13(12)18/h2-5,8,16H,6-7,9H2,1H3,(H,21,22)/t16-/m0/s1. The molecular weight excluding hydrogens is 394 g/mol. The Morgan fingerprint density at radius 1 is 1.38 bits per heavy atom. The SMILES string of the molecule is CC(=O)Oc1cc2c(s1)CCN([C@H](C(=O)O)c1ccccc1Br)C2. The van der Waals surface area contributed by atoms with Crippen molar-refractivity contribution in [3.8, 4) is 5.06 Å². The van der Waals surface area contributed by atoms with Crippen molar-refractivity contribution < 1.29 is 19.4 Å². The van der Waals surface area contributed by atoms with Crippen LogP contribution >= 0.6 is 27.3 Å². The quantitative estimate of drug-likeness (QED) is 0.780. The third-order valence-corrected chi connectivity index (χ3v) is 5.75. The van der Waals surface area contributed by atoms with E-state index in [0.717, 1.165) is 26.9 Å². The van der Waals surface area contributed by atoms with Gasteiger partial charge in [-0.15, -0.1) is 11.3 Å². The largest absolute Gasteiger partial charge is 0.480 e. The lowest BCUT2D eigenvalue weighted by atomic mass is 10.0. The first-order valence-electron chi connectivity index (χ1n) is 7.47. The Morgan fingerprint density at radius 3 is 2.79 bits per heavy atom. The fourth-order valence-electron chi connectivity index (χ4n) is 2.92. The molecule has 0 bridgehead atoms. The minimum Gasteiger partial charge on any atom is -0.480 e. The molecule has 1 N–H and O–H groups in total. The molecule has 0 spiro atoms. The van der Waals surface area contributed by atoms with Crippen molar-refractivity contribution in [3.05, 3.63) is 50.8 Å². The van der Waals surface area contributed by atoms with Crippen molar-refractivity contribution >= 4 is 39.2 Å². The molecule has 0 saturated carbocycles. The summed E-state index contributed by atoms with van der Waals surface area (Å²) in [7, 11) is 0. The average molecular weight is 410 g/mol. The van der Waals surface area contributed by atoms with Gasteiger partial charge in [-0.3, -0.25) is 14.5 Å². The highest BCUT2D eigenvalue weighted by Gasteiger charge is 2.32. The number of ether oxygens (including phenoxy) is 1. The van der Waals surface area contributed by atoms with E-state index in [0.29, 0.717) is 18.2 Å². The summed E-state index contributed by atoms with van der Waals surface area (Å²) in [5.41, 5.74) is 1.77. The number of thiophene rings is 1. The first kappa shape index (κ1) is 17.1. The summed E-state index contributed by atoms with van der Waals surface area (Å²) in [5, 5.41) is 10.3. The molecule has 1 atom stereocenters. The van der Waals surface area contributed by atoms with Gasteiger partial charge in [0.25, 0.3) is 0 Å². The Hall–Kier alpha value is -1.70. The van der Waals surface area contributed by atoms with Crippen molar-refractivity contribution in [2.75, 3.05) is 6.54 Å². The zero-order chi connectivity index (χ0) is 17.3. The van der Waals surface area contributed by atoms with E-state index in [4.69, 9.17) is 4.74 Å². The number of benzene rings is 1. The van der Waals surface area contributed by atoms with Crippen LogP contribution in [0.3, 0.4) is 0 Å². The van der Waals surface area contributed by atoms with E-state index in [-0.39, 0.29) is 5.97 Å². The number of aliphatic carboxylic acids is 1. The Bertz CT molecular complexity index is 789. The van der Waals surface area contributed by atoms with Gasteiger partial charge in [0, 0.05) is 29.4 Å². The fourth-order valence-corrected chi connectivity index (χ4v) is 4.48. The summed E-state index contributed by atoms with van der Waals surface area (Å²) in [4.78, 5) is 26.1. The van der Waals surface area contributed by atoms with Crippen molar-refractivity contribution in [3.63, 3.8) is 0 Å². The van der Waals surface area contributed by atoms with Gasteiger partial charge in [0.05, 0.1) is 0 Å². The summed E-state index contributed by atoms with van der Waals surface area (Å²) >= 11 is 4.91. The zero-order valence-corrected chi connectivity index (χ0v) is 15.4. The summed E-state index contributed by atoms with van der Waals surface area (Å²) in [6.07, 6.45) is 0.746. The van der Waals surface area contributed by atoms with Crippen molar-refractivity contribution in [2.45, 2.75) is 25.9 Å². The summed E-state index contributed by atoms with van der Waals surface area (Å²) < 4.78 is 5.94. The molecule has 5 nitrogen and oxygen atoms in total. The number of halogens is 1. The van der Waals surface area contributed by atoms with E-state index in [1.54, 1.807) is 0 Å². The van der Waals surface area contributed by atoms with Crippen LogP contribution in [-0.4, -0.2) is 28.5 Å². The maximum atomic E-state index is 11.9. The predicted octanol–water partition coefficient (Wildman–Crippen LogP) is 3.62. The van der Waals surface area contributed by atoms with Gasteiger partial charge in [-0.25, -0.2) is 0 Å². The van der Waals surface area contributed by atoms with Gasteiger partial charge >= 0.3 is 11.9 Å². The third kappa shape index (κ3) is 3.53. The highest BCUT2D eigenvalue weighted by atomic mass is 79.9. The number of fused-ring (bicyclic) bond motifs is 1. The zero-order valence-electron chi connectivity index (χ0n) is 13.0. The molecule has 2 aromatic rings. The Morgan fingerprint density at radius 2 is 2.12 bits per heavy atom. The van der Waals surface area contributed by atoms with Crippen LogP contribution in [0.2, 0.25) is 0 Å². The van der Waals surface area contributed by atoms with Gasteiger partial charge in [-0.05, 0) is 29.7 Å². The van der Waals surface area contributed by atoms with Crippen LogP contribution in [0.5, 0.6) is 5.06 Å². The molecule has 0 aliphatic carbocycles. The van der Waals surface area contributed by atoms with E-state index in [9.17, 15) is 14.7 Å². The lowest BCUT2D eigenvalue weighted by Crippen LogP contribution is -2.37. The molecule has 126 valence electrons. The molecule has 0 unspecified atom stereocenters. The normalized spacial score (nSPS) is 15.6. The predicted molar refractivity (Wildman–Crippen MR) is 94.3 cm³/mol. The summed E-state index contributed by atoms with van der Waals surface area (Å²) in [6, 6.07) is 8.51. The minimum atomic E-state index is -0.874. The second-order valence-electron chi connectivity index (χ2n) is 5.59. The monoisotopic (exact) mass is 409 g/mol. The van der Waals surface area contributed by atoms with Crippen LogP contribution in [0, 0.1) is 0 Å². The number of carboxylic acids is 1. The first-order valence-corrected chi connectivity index (χ1v) is 9.08. The molecule has 0 saturated heterocycles. The molecule has 7 heteroatoms. The molecule has 3 rings (SSSR count). The number of carbonyl (C=O) groups excluding carboxylic acids is 1. The number of carbonyl (C=O) groups is 2. The maximum absolute atomic E-state index is 11.9. The number of hydrogen-bond donors (Lipinski definition) is 1. The van der Waals surface area contributed by atoms with Crippen molar-refractivity contribution in [1.29, 1.82) is 0 Å². The van der Waals surface area contributed by atoms with E-state index >= 15 is 0 Å². The van der Waals surface area contributed by atoms with Crippen LogP contribution < -0.4 is 4.74 Å². The van der Waals surface area contributed by atoms with Gasteiger partial charge in [-0.2, -0.15) is 0 Å². The Balaban J connectivity index is 1.87. The average Bonchev–Trinajstić information content (AvgIpc) is 2.89. The van der Waals surface area contributed by atoms with Crippen LogP contribution in [0.25, 0.3) is 0 Å². The number of hydrogen-bond acceptors (Lipinski definition) is 5. The van der Waals surface area contributed by atoms with E-state index in [2.05, 4.69) is 15.9 Å². The number of carboxylic acid groups (broad SMARTS) is 1. The van der Waals surface area contributed by atoms with Gasteiger partial charge in [-0.1, -0.05) is 34.1 Å². The van der Waals surface area contributed by atoms with E-state index < -0.39 is 12.0 Å². The summed E-state index contributed by atoms with van der Waals surface area (Å²) in [6.45, 7) is 2.54. The smallest absolute Gasteiger partial charge is 0.325 e. The molecule has 1 aromatic heterocycles. The topological polar surface area (TPSA) is 66.8 Å². The molecule has 0 fully saturated rings. The van der Waals surface area contributed by atoms with Crippen LogP contribution in [0.1, 0.15) is 29.0 Å². The summed E-state index contributed by atoms with van der Waals surface area (Å²) in [5.74, 6) is -1.22. The molecule has 2 heterocycles. The van der Waals surface area contributed by atoms with Gasteiger partial charge in [0.1, 0.15) is 6.04 Å². The molecule has 24 heavy (non-hydrogen) atoms. The van der Waals surface area contributed by atoms with E-state index in [1.165, 1.54) is 18.3 Å². The first-order chi connectivity index (χ1) is 11.5. The Labute approximate surface area is 152 Å². The maximum Gasteiger partial charge on any atom is 0.325 e. The van der Waals surface area contributed by atoms with Crippen molar-refractivity contribution in [1.82, 2.24) is 4.90 Å². The molecular formula is C17H16BrNO4S. The highest BCUT2D eigenvalue weighted by molar-refractivity contribution is 9.10. The minimum absolute atomic E-state index is 0.345. The van der Waals surface area contributed by atoms with Gasteiger partial charge in [0.15, 0.2) is 5.06 Å². The number of nitrogens with zero attached hydrogens (tertiary/aromatic N) is 1. The van der Waals surface area contributed by atoms with E-state index in [1.807, 2.05) is 35.2 Å². The third-order valence-electron chi connectivity index (χ3n) is 3.92. The number of esters is 1. The molecule has 0 amide bonds. The fraction of sp³-hybridized carbons (Fsp3) is 0.294. The van der Waals surface area contributed by atoms with Gasteiger partial charge in [0.2, 0.25) is 0 Å². The lowest BCUT2D eigenvalue weighted by Gasteiger charge is -2.32. The molecule has 0 radical (unpaired) electrons. The van der Waals surface area contributed by atoms with Crippen molar-refractivity contribution in [2.24, 2.45) is 0 Å². The van der Waals surface area contributed by atoms with Crippen LogP contribution in [0.15, 0.2) is 34.8 Å².